The van der Waals surface area contributed by atoms with Gasteiger partial charge in [0, 0.05) is 38.4 Å². The van der Waals surface area contributed by atoms with Crippen molar-refractivity contribution in [2.45, 2.75) is 38.1 Å². The van der Waals surface area contributed by atoms with Crippen molar-refractivity contribution in [2.75, 3.05) is 38.7 Å². The molecule has 5 nitrogen and oxygen atoms in total. The molecule has 0 saturated carbocycles. The first-order chi connectivity index (χ1) is 14.6. The molecule has 1 heterocycles. The molecule has 1 atom stereocenters. The summed E-state index contributed by atoms with van der Waals surface area (Å²) in [6.07, 6.45) is 3.02. The number of nitrogens with zero attached hydrogens (tertiary/aromatic N) is 2. The largest absolute Gasteiger partial charge is 0.497 e. The summed E-state index contributed by atoms with van der Waals surface area (Å²) in [6, 6.07) is 15.5. The van der Waals surface area contributed by atoms with Crippen LogP contribution >= 0.6 is 0 Å². The number of hydrogen-bond acceptors (Lipinski definition) is 3. The molecular weight excluding hydrogens is 379 g/mol. The second-order valence-electron chi connectivity index (χ2n) is 7.85. The minimum Gasteiger partial charge on any atom is -0.497 e. The Morgan fingerprint density at radius 2 is 1.93 bits per heavy atom. The van der Waals surface area contributed by atoms with Gasteiger partial charge in [0.2, 0.25) is 0 Å². The summed E-state index contributed by atoms with van der Waals surface area (Å²) in [5.41, 5.74) is 2.27. The van der Waals surface area contributed by atoms with E-state index in [0.717, 1.165) is 56.3 Å². The number of ether oxygens (including phenoxy) is 1. The molecule has 0 aromatic heterocycles. The number of methoxy groups -OCH3 is 1. The van der Waals surface area contributed by atoms with Crippen LogP contribution in [0.3, 0.4) is 0 Å². The van der Waals surface area contributed by atoms with E-state index in [9.17, 15) is 4.39 Å². The van der Waals surface area contributed by atoms with Crippen LogP contribution in [0.1, 0.15) is 37.7 Å². The molecule has 6 heteroatoms. The van der Waals surface area contributed by atoms with E-state index in [2.05, 4.69) is 39.6 Å². The van der Waals surface area contributed by atoms with E-state index in [1.165, 1.54) is 11.6 Å². The lowest BCUT2D eigenvalue weighted by Gasteiger charge is -2.34. The lowest BCUT2D eigenvalue weighted by molar-refractivity contribution is 0.414. The average molecular weight is 413 g/mol. The Hall–Kier alpha value is -2.76. The van der Waals surface area contributed by atoms with Crippen molar-refractivity contribution in [2.24, 2.45) is 4.99 Å². The standard InChI is InChI=1S/C24H33FN4O/c1-18(19-7-9-23(30-3)10-8-19)11-14-27-24(26-2)28-21-12-15-29(16-13-21)22-6-4-5-20(25)17-22/h4-10,17-18,21H,11-16H2,1-3H3,(H2,26,27,28). The van der Waals surface area contributed by atoms with Crippen LogP contribution in [0.2, 0.25) is 0 Å². The van der Waals surface area contributed by atoms with Gasteiger partial charge in [-0.15, -0.1) is 0 Å². The SMILES string of the molecule is CN=C(NCCC(C)c1ccc(OC)cc1)NC1CCN(c2cccc(F)c2)CC1. The highest BCUT2D eigenvalue weighted by molar-refractivity contribution is 5.80. The van der Waals surface area contributed by atoms with Crippen LogP contribution in [0, 0.1) is 5.82 Å². The van der Waals surface area contributed by atoms with E-state index in [-0.39, 0.29) is 5.82 Å². The summed E-state index contributed by atoms with van der Waals surface area (Å²) in [7, 11) is 3.50. The summed E-state index contributed by atoms with van der Waals surface area (Å²) in [5, 5.41) is 6.98. The lowest BCUT2D eigenvalue weighted by atomic mass is 9.98. The van der Waals surface area contributed by atoms with Gasteiger partial charge in [-0.2, -0.15) is 0 Å². The highest BCUT2D eigenvalue weighted by Crippen LogP contribution is 2.22. The fourth-order valence-corrected chi connectivity index (χ4v) is 3.85. The smallest absolute Gasteiger partial charge is 0.191 e. The lowest BCUT2D eigenvalue weighted by Crippen LogP contribution is -2.49. The zero-order valence-electron chi connectivity index (χ0n) is 18.2. The molecule has 2 aromatic rings. The molecule has 0 amide bonds. The molecule has 2 N–H and O–H groups in total. The van der Waals surface area contributed by atoms with Gasteiger partial charge in [-0.05, 0) is 61.1 Å². The van der Waals surface area contributed by atoms with Crippen molar-refractivity contribution in [3.63, 3.8) is 0 Å². The maximum atomic E-state index is 13.5. The van der Waals surface area contributed by atoms with Crippen LogP contribution in [0.4, 0.5) is 10.1 Å². The maximum absolute atomic E-state index is 13.5. The van der Waals surface area contributed by atoms with E-state index in [0.29, 0.717) is 12.0 Å². The van der Waals surface area contributed by atoms with E-state index in [1.54, 1.807) is 19.2 Å². The molecule has 0 radical (unpaired) electrons. The monoisotopic (exact) mass is 412 g/mol. The van der Waals surface area contributed by atoms with Gasteiger partial charge in [0.25, 0.3) is 0 Å². The van der Waals surface area contributed by atoms with Crippen molar-refractivity contribution in [1.82, 2.24) is 10.6 Å². The summed E-state index contributed by atoms with van der Waals surface area (Å²) in [4.78, 5) is 6.62. The molecule has 1 fully saturated rings. The zero-order chi connectivity index (χ0) is 21.3. The number of rotatable bonds is 7. The zero-order valence-corrected chi connectivity index (χ0v) is 18.2. The fourth-order valence-electron chi connectivity index (χ4n) is 3.85. The number of piperidine rings is 1. The molecule has 2 aromatic carbocycles. The Balaban J connectivity index is 1.40. The number of aliphatic imine (C=N–C) groups is 1. The van der Waals surface area contributed by atoms with E-state index in [1.807, 2.05) is 25.2 Å². The molecule has 162 valence electrons. The van der Waals surface area contributed by atoms with E-state index < -0.39 is 0 Å². The number of hydrogen-bond donors (Lipinski definition) is 2. The summed E-state index contributed by atoms with van der Waals surface area (Å²) in [6.45, 7) is 4.91. The van der Waals surface area contributed by atoms with Crippen molar-refractivity contribution in [3.05, 3.63) is 59.9 Å². The highest BCUT2D eigenvalue weighted by Gasteiger charge is 2.20. The molecule has 0 aliphatic carbocycles. The third kappa shape index (κ3) is 6.12. The number of halogens is 1. The van der Waals surface area contributed by atoms with Crippen LogP contribution in [-0.2, 0) is 0 Å². The first-order valence-corrected chi connectivity index (χ1v) is 10.7. The van der Waals surface area contributed by atoms with Gasteiger partial charge in [0.1, 0.15) is 11.6 Å². The first-order valence-electron chi connectivity index (χ1n) is 10.7. The van der Waals surface area contributed by atoms with Crippen molar-refractivity contribution in [3.8, 4) is 5.75 Å². The van der Waals surface area contributed by atoms with Crippen molar-refractivity contribution < 1.29 is 9.13 Å². The predicted molar refractivity (Wildman–Crippen MR) is 122 cm³/mol. The van der Waals surface area contributed by atoms with Crippen molar-refractivity contribution in [1.29, 1.82) is 0 Å². The van der Waals surface area contributed by atoms with Crippen LogP contribution in [-0.4, -0.2) is 45.8 Å². The Labute approximate surface area is 179 Å². The highest BCUT2D eigenvalue weighted by atomic mass is 19.1. The van der Waals surface area contributed by atoms with Gasteiger partial charge >= 0.3 is 0 Å². The maximum Gasteiger partial charge on any atom is 0.191 e. The fraction of sp³-hybridized carbons (Fsp3) is 0.458. The third-order valence-electron chi connectivity index (χ3n) is 5.79. The summed E-state index contributed by atoms with van der Waals surface area (Å²) in [5.74, 6) is 2.01. The van der Waals surface area contributed by atoms with Crippen LogP contribution in [0.25, 0.3) is 0 Å². The average Bonchev–Trinajstić information content (AvgIpc) is 2.78. The minimum atomic E-state index is -0.179. The molecule has 1 saturated heterocycles. The van der Waals surface area contributed by atoms with Gasteiger partial charge in [-0.25, -0.2) is 4.39 Å². The third-order valence-corrected chi connectivity index (χ3v) is 5.79. The van der Waals surface area contributed by atoms with E-state index >= 15 is 0 Å². The second kappa shape index (κ2) is 10.9. The van der Waals surface area contributed by atoms with Gasteiger partial charge < -0.3 is 20.3 Å². The van der Waals surface area contributed by atoms with Crippen LogP contribution in [0.15, 0.2) is 53.5 Å². The van der Waals surface area contributed by atoms with Gasteiger partial charge in [-0.3, -0.25) is 4.99 Å². The molecule has 0 spiro atoms. The molecule has 0 bridgehead atoms. The molecule has 3 rings (SSSR count). The topological polar surface area (TPSA) is 48.9 Å². The van der Waals surface area contributed by atoms with E-state index in [4.69, 9.17) is 4.74 Å². The first kappa shape index (κ1) is 21.9. The summed E-state index contributed by atoms with van der Waals surface area (Å²) < 4.78 is 18.7. The van der Waals surface area contributed by atoms with Gasteiger partial charge in [0.05, 0.1) is 7.11 Å². The predicted octanol–water partition coefficient (Wildman–Crippen LogP) is 4.16. The minimum absolute atomic E-state index is 0.179. The second-order valence-corrected chi connectivity index (χ2v) is 7.85. The summed E-state index contributed by atoms with van der Waals surface area (Å²) >= 11 is 0. The molecule has 1 aliphatic rings. The number of nitrogens with one attached hydrogen (secondary N) is 2. The molecule has 1 unspecified atom stereocenters. The number of anilines is 1. The van der Waals surface area contributed by atoms with Gasteiger partial charge in [-0.1, -0.05) is 25.1 Å². The van der Waals surface area contributed by atoms with Crippen LogP contribution < -0.4 is 20.3 Å². The Morgan fingerprint density at radius 3 is 2.57 bits per heavy atom. The number of benzene rings is 2. The Kier molecular flexibility index (Phi) is 7.94. The molecule has 1 aliphatic heterocycles. The quantitative estimate of drug-likeness (QED) is 0.530. The number of guanidine groups is 1. The molecular formula is C24H33FN4O. The Morgan fingerprint density at radius 1 is 1.20 bits per heavy atom. The van der Waals surface area contributed by atoms with Crippen molar-refractivity contribution >= 4 is 11.6 Å². The van der Waals surface area contributed by atoms with Gasteiger partial charge in [0.15, 0.2) is 5.96 Å². The normalized spacial score (nSPS) is 16.3. The molecule has 30 heavy (non-hydrogen) atoms. The Bertz CT molecular complexity index is 816. The van der Waals surface area contributed by atoms with Crippen LogP contribution in [0.5, 0.6) is 5.75 Å².